The van der Waals surface area contributed by atoms with E-state index in [2.05, 4.69) is 5.32 Å². The molecule has 0 aromatic heterocycles. The number of hydrogen-bond donors (Lipinski definition) is 1. The van der Waals surface area contributed by atoms with E-state index in [1.165, 1.54) is 30.3 Å². The molecule has 0 saturated carbocycles. The molecular weight excluding hydrogens is 455 g/mol. The van der Waals surface area contributed by atoms with Gasteiger partial charge in [0.1, 0.15) is 6.54 Å². The van der Waals surface area contributed by atoms with E-state index in [9.17, 15) is 13.2 Å². The minimum Gasteiger partial charge on any atom is -0.324 e. The Hall–Kier alpha value is -2.54. The van der Waals surface area contributed by atoms with Crippen LogP contribution in [0.2, 0.25) is 10.0 Å². The van der Waals surface area contributed by atoms with Gasteiger partial charge in [-0.1, -0.05) is 61.3 Å². The third kappa shape index (κ3) is 5.58. The predicted octanol–water partition coefficient (Wildman–Crippen LogP) is 5.95. The molecule has 0 aliphatic carbocycles. The van der Waals surface area contributed by atoms with Crippen LogP contribution in [0, 0.1) is 0 Å². The summed E-state index contributed by atoms with van der Waals surface area (Å²) in [5, 5.41) is 3.61. The van der Waals surface area contributed by atoms with Gasteiger partial charge in [0, 0.05) is 15.7 Å². The Morgan fingerprint density at radius 2 is 1.61 bits per heavy atom. The van der Waals surface area contributed by atoms with Crippen molar-refractivity contribution in [2.24, 2.45) is 0 Å². The van der Waals surface area contributed by atoms with Crippen LogP contribution in [0.3, 0.4) is 0 Å². The van der Waals surface area contributed by atoms with Crippen LogP contribution < -0.4 is 9.62 Å². The summed E-state index contributed by atoms with van der Waals surface area (Å²) in [4.78, 5) is 12.9. The van der Waals surface area contributed by atoms with E-state index in [-0.39, 0.29) is 16.5 Å². The molecule has 0 heterocycles. The highest BCUT2D eigenvalue weighted by Gasteiger charge is 2.27. The van der Waals surface area contributed by atoms with E-state index in [0.29, 0.717) is 15.7 Å². The largest absolute Gasteiger partial charge is 0.324 e. The summed E-state index contributed by atoms with van der Waals surface area (Å²) in [6.45, 7) is 3.63. The smallest absolute Gasteiger partial charge is 0.264 e. The molecule has 162 valence electrons. The number of nitrogens with zero attached hydrogens (tertiary/aromatic N) is 1. The first kappa shape index (κ1) is 23.1. The maximum Gasteiger partial charge on any atom is 0.264 e. The summed E-state index contributed by atoms with van der Waals surface area (Å²) in [6.07, 6.45) is 0. The van der Waals surface area contributed by atoms with Crippen LogP contribution in [0.4, 0.5) is 11.4 Å². The van der Waals surface area contributed by atoms with Gasteiger partial charge in [0.25, 0.3) is 10.0 Å². The SMILES string of the molecule is CC(C)c1ccccc1NC(=O)CN(c1cccc(Cl)c1)S(=O)(=O)c1ccc(Cl)cc1. The molecule has 3 rings (SSSR count). The van der Waals surface area contributed by atoms with Crippen LogP contribution >= 0.6 is 23.2 Å². The Balaban J connectivity index is 1.96. The van der Waals surface area contributed by atoms with E-state index < -0.39 is 22.5 Å². The molecule has 0 spiro atoms. The van der Waals surface area contributed by atoms with Gasteiger partial charge in [0.2, 0.25) is 5.91 Å². The molecule has 1 N–H and O–H groups in total. The Morgan fingerprint density at radius 3 is 2.26 bits per heavy atom. The highest BCUT2D eigenvalue weighted by atomic mass is 35.5. The highest BCUT2D eigenvalue weighted by Crippen LogP contribution is 2.28. The summed E-state index contributed by atoms with van der Waals surface area (Å²) in [7, 11) is -4.05. The molecule has 5 nitrogen and oxygen atoms in total. The molecule has 3 aromatic carbocycles. The van der Waals surface area contributed by atoms with Crippen molar-refractivity contribution >= 4 is 50.5 Å². The second-order valence-corrected chi connectivity index (χ2v) is 9.97. The number of benzene rings is 3. The zero-order chi connectivity index (χ0) is 22.6. The minimum atomic E-state index is -4.05. The van der Waals surface area contributed by atoms with Gasteiger partial charge in [-0.3, -0.25) is 9.10 Å². The number of hydrogen-bond acceptors (Lipinski definition) is 3. The zero-order valence-corrected chi connectivity index (χ0v) is 19.4. The van der Waals surface area contributed by atoms with Gasteiger partial charge >= 0.3 is 0 Å². The maximum absolute atomic E-state index is 13.4. The summed E-state index contributed by atoms with van der Waals surface area (Å²) in [5.74, 6) is -0.274. The first-order valence-electron chi connectivity index (χ1n) is 9.61. The van der Waals surface area contributed by atoms with Gasteiger partial charge in [-0.15, -0.1) is 0 Å². The molecule has 0 saturated heterocycles. The predicted molar refractivity (Wildman–Crippen MR) is 127 cm³/mol. The van der Waals surface area contributed by atoms with Crippen molar-refractivity contribution in [3.63, 3.8) is 0 Å². The fourth-order valence-corrected chi connectivity index (χ4v) is 4.84. The van der Waals surface area contributed by atoms with Gasteiger partial charge in [-0.05, 0) is 60.0 Å². The summed E-state index contributed by atoms with van der Waals surface area (Å²) in [6, 6.07) is 19.6. The number of rotatable bonds is 7. The molecule has 8 heteroatoms. The minimum absolute atomic E-state index is 0.0206. The first-order valence-corrected chi connectivity index (χ1v) is 11.8. The Labute approximate surface area is 192 Å². The lowest BCUT2D eigenvalue weighted by Crippen LogP contribution is -2.38. The van der Waals surface area contributed by atoms with Gasteiger partial charge < -0.3 is 5.32 Å². The highest BCUT2D eigenvalue weighted by molar-refractivity contribution is 7.92. The number of carbonyl (C=O) groups is 1. The number of sulfonamides is 1. The third-order valence-corrected chi connectivity index (χ3v) is 6.92. The number of halogens is 2. The Bertz CT molecular complexity index is 1180. The van der Waals surface area contributed by atoms with E-state index in [1.807, 2.05) is 32.0 Å². The number of anilines is 2. The fraction of sp³-hybridized carbons (Fsp3) is 0.174. The van der Waals surface area contributed by atoms with Crippen molar-refractivity contribution in [2.75, 3.05) is 16.2 Å². The molecule has 0 radical (unpaired) electrons. The standard InChI is InChI=1S/C23H22Cl2N2O3S/c1-16(2)21-8-3-4-9-22(21)26-23(28)15-27(19-7-5-6-18(25)14-19)31(29,30)20-12-10-17(24)11-13-20/h3-14,16H,15H2,1-2H3,(H,26,28). The van der Waals surface area contributed by atoms with Crippen LogP contribution in [0.25, 0.3) is 0 Å². The molecule has 0 aliphatic rings. The average molecular weight is 477 g/mol. The van der Waals surface area contributed by atoms with Crippen molar-refractivity contribution in [1.82, 2.24) is 0 Å². The lowest BCUT2D eigenvalue weighted by atomic mass is 10.0. The topological polar surface area (TPSA) is 66.5 Å². The van der Waals surface area contributed by atoms with Crippen molar-refractivity contribution in [2.45, 2.75) is 24.7 Å². The quantitative estimate of drug-likeness (QED) is 0.457. The van der Waals surface area contributed by atoms with Gasteiger partial charge in [0.15, 0.2) is 0 Å². The molecule has 3 aromatic rings. The number of nitrogens with one attached hydrogen (secondary N) is 1. The van der Waals surface area contributed by atoms with E-state index in [1.54, 1.807) is 24.3 Å². The molecule has 1 amide bonds. The summed E-state index contributed by atoms with van der Waals surface area (Å²) in [5.41, 5.74) is 1.90. The number of para-hydroxylation sites is 1. The van der Waals surface area contributed by atoms with Crippen molar-refractivity contribution in [3.05, 3.63) is 88.4 Å². The monoisotopic (exact) mass is 476 g/mol. The summed E-state index contributed by atoms with van der Waals surface area (Å²) >= 11 is 12.0. The van der Waals surface area contributed by atoms with E-state index in [0.717, 1.165) is 9.87 Å². The molecule has 0 atom stereocenters. The zero-order valence-electron chi connectivity index (χ0n) is 17.0. The van der Waals surface area contributed by atoms with Crippen molar-refractivity contribution in [1.29, 1.82) is 0 Å². The van der Waals surface area contributed by atoms with Gasteiger partial charge in [-0.2, -0.15) is 0 Å². The maximum atomic E-state index is 13.4. The molecule has 0 fully saturated rings. The van der Waals surface area contributed by atoms with Crippen LogP contribution in [-0.4, -0.2) is 20.9 Å². The van der Waals surface area contributed by atoms with Crippen LogP contribution in [0.1, 0.15) is 25.3 Å². The number of carbonyl (C=O) groups excluding carboxylic acids is 1. The second-order valence-electron chi connectivity index (χ2n) is 7.24. The van der Waals surface area contributed by atoms with E-state index in [4.69, 9.17) is 23.2 Å². The Morgan fingerprint density at radius 1 is 0.935 bits per heavy atom. The third-order valence-electron chi connectivity index (χ3n) is 4.64. The normalized spacial score (nSPS) is 11.4. The molecule has 0 bridgehead atoms. The van der Waals surface area contributed by atoms with Gasteiger partial charge in [-0.25, -0.2) is 8.42 Å². The summed E-state index contributed by atoms with van der Waals surface area (Å²) < 4.78 is 27.8. The van der Waals surface area contributed by atoms with Crippen LogP contribution in [0.15, 0.2) is 77.7 Å². The lowest BCUT2D eigenvalue weighted by molar-refractivity contribution is -0.114. The van der Waals surface area contributed by atoms with Crippen molar-refractivity contribution in [3.8, 4) is 0 Å². The number of amides is 1. The molecule has 0 unspecified atom stereocenters. The average Bonchev–Trinajstić information content (AvgIpc) is 2.72. The second kappa shape index (κ2) is 9.73. The van der Waals surface area contributed by atoms with E-state index >= 15 is 0 Å². The van der Waals surface area contributed by atoms with Crippen LogP contribution in [-0.2, 0) is 14.8 Å². The van der Waals surface area contributed by atoms with Gasteiger partial charge in [0.05, 0.1) is 10.6 Å². The van der Waals surface area contributed by atoms with Crippen molar-refractivity contribution < 1.29 is 13.2 Å². The molecular formula is C23H22Cl2N2O3S. The molecule has 31 heavy (non-hydrogen) atoms. The fourth-order valence-electron chi connectivity index (χ4n) is 3.11. The first-order chi connectivity index (χ1) is 14.7. The lowest BCUT2D eigenvalue weighted by Gasteiger charge is -2.24. The van der Waals surface area contributed by atoms with Crippen LogP contribution in [0.5, 0.6) is 0 Å². The Kier molecular flexibility index (Phi) is 7.26. The molecule has 0 aliphatic heterocycles.